The first kappa shape index (κ1) is 12.1. The van der Waals surface area contributed by atoms with Gasteiger partial charge in [0.05, 0.1) is 11.6 Å². The molecular formula is C12H15N9. The van der Waals surface area contributed by atoms with Gasteiger partial charge in [-0.05, 0) is 13.0 Å². The van der Waals surface area contributed by atoms with Gasteiger partial charge in [-0.15, -0.1) is 0 Å². The lowest BCUT2D eigenvalue weighted by atomic mass is 10.3. The molecule has 1 aliphatic heterocycles. The van der Waals surface area contributed by atoms with Crippen LogP contribution in [0.15, 0.2) is 18.5 Å². The number of nitrogens with one attached hydrogen (secondary N) is 3. The Labute approximate surface area is 120 Å². The topological polar surface area (TPSA) is 122 Å². The number of aromatic nitrogens is 6. The number of rotatable bonds is 3. The Hall–Kier alpha value is -2.68. The Bertz CT molecular complexity index is 754. The molecule has 9 heteroatoms. The van der Waals surface area contributed by atoms with Crippen LogP contribution >= 0.6 is 0 Å². The summed E-state index contributed by atoms with van der Waals surface area (Å²) in [6.45, 7) is 1.90. The van der Waals surface area contributed by atoms with Crippen molar-refractivity contribution in [3.8, 4) is 5.82 Å². The van der Waals surface area contributed by atoms with E-state index in [0.717, 1.165) is 19.5 Å². The zero-order valence-corrected chi connectivity index (χ0v) is 11.2. The Morgan fingerprint density at radius 1 is 1.38 bits per heavy atom. The third-order valence-electron chi connectivity index (χ3n) is 3.55. The molecule has 0 amide bonds. The van der Waals surface area contributed by atoms with Crippen LogP contribution in [-0.2, 0) is 0 Å². The van der Waals surface area contributed by atoms with Crippen LogP contribution in [0.5, 0.6) is 0 Å². The molecule has 108 valence electrons. The third-order valence-corrected chi connectivity index (χ3v) is 3.55. The van der Waals surface area contributed by atoms with Crippen molar-refractivity contribution in [2.24, 2.45) is 0 Å². The molecule has 1 atom stereocenters. The van der Waals surface area contributed by atoms with Crippen molar-refractivity contribution >= 4 is 22.8 Å². The number of nitrogens with two attached hydrogens (primary N) is 1. The zero-order valence-electron chi connectivity index (χ0n) is 11.2. The van der Waals surface area contributed by atoms with Crippen molar-refractivity contribution in [2.45, 2.75) is 12.5 Å². The first-order chi connectivity index (χ1) is 10.3. The van der Waals surface area contributed by atoms with Crippen molar-refractivity contribution in [2.75, 3.05) is 24.1 Å². The van der Waals surface area contributed by atoms with Gasteiger partial charge in [0.2, 0.25) is 5.95 Å². The van der Waals surface area contributed by atoms with Gasteiger partial charge < -0.3 is 16.4 Å². The average Bonchev–Trinajstić information content (AvgIpc) is 3.19. The average molecular weight is 285 g/mol. The highest BCUT2D eigenvalue weighted by molar-refractivity contribution is 5.87. The van der Waals surface area contributed by atoms with E-state index in [-0.39, 0.29) is 0 Å². The molecule has 21 heavy (non-hydrogen) atoms. The van der Waals surface area contributed by atoms with E-state index in [1.165, 1.54) is 0 Å². The molecule has 1 aliphatic rings. The summed E-state index contributed by atoms with van der Waals surface area (Å²) in [4.78, 5) is 8.84. The largest absolute Gasteiger partial charge is 0.383 e. The normalized spacial score (nSPS) is 18.4. The summed E-state index contributed by atoms with van der Waals surface area (Å²) >= 11 is 0. The lowest BCUT2D eigenvalue weighted by Gasteiger charge is -2.11. The van der Waals surface area contributed by atoms with Crippen molar-refractivity contribution in [1.82, 2.24) is 35.3 Å². The predicted octanol–water partition coefficient (Wildman–Crippen LogP) is -0.105. The number of H-pyrrole nitrogens is 1. The smallest absolute Gasteiger partial charge is 0.226 e. The van der Waals surface area contributed by atoms with Gasteiger partial charge in [-0.2, -0.15) is 24.8 Å². The molecule has 4 heterocycles. The van der Waals surface area contributed by atoms with Gasteiger partial charge in [-0.3, -0.25) is 5.10 Å². The quantitative estimate of drug-likeness (QED) is 0.529. The number of nitrogen functional groups attached to an aromatic ring is 1. The van der Waals surface area contributed by atoms with E-state index < -0.39 is 0 Å². The monoisotopic (exact) mass is 285 g/mol. The first-order valence-corrected chi connectivity index (χ1v) is 6.80. The predicted molar refractivity (Wildman–Crippen MR) is 78.1 cm³/mol. The highest BCUT2D eigenvalue weighted by Crippen LogP contribution is 2.21. The fourth-order valence-electron chi connectivity index (χ4n) is 2.49. The Kier molecular flexibility index (Phi) is 2.71. The summed E-state index contributed by atoms with van der Waals surface area (Å²) in [5, 5.41) is 18.5. The van der Waals surface area contributed by atoms with E-state index >= 15 is 0 Å². The number of aromatic amines is 1. The number of hydrogen-bond donors (Lipinski definition) is 4. The second-order valence-electron chi connectivity index (χ2n) is 4.99. The van der Waals surface area contributed by atoms with Crippen molar-refractivity contribution in [3.05, 3.63) is 18.5 Å². The van der Waals surface area contributed by atoms with Crippen LogP contribution in [0.3, 0.4) is 0 Å². The molecule has 0 saturated carbocycles. The lowest BCUT2D eigenvalue weighted by molar-refractivity contribution is 0.780. The Morgan fingerprint density at radius 2 is 2.33 bits per heavy atom. The first-order valence-electron chi connectivity index (χ1n) is 6.80. The molecule has 1 saturated heterocycles. The lowest BCUT2D eigenvalue weighted by Crippen LogP contribution is -2.23. The molecule has 3 aromatic rings. The standard InChI is InChI=1S/C12H15N9/c13-10-8-6-16-21(9-2-4-15-20-9)11(8)19-12(18-10)17-7-1-3-14-5-7/h2,4,6-7,14H,1,3,5H2,(H,15,20)(H3,13,17,18,19). The second kappa shape index (κ2) is 4.70. The van der Waals surface area contributed by atoms with E-state index in [4.69, 9.17) is 5.73 Å². The van der Waals surface area contributed by atoms with E-state index in [1.807, 2.05) is 6.07 Å². The molecular weight excluding hydrogens is 270 g/mol. The number of anilines is 2. The Balaban J connectivity index is 1.77. The fourth-order valence-corrected chi connectivity index (χ4v) is 2.49. The van der Waals surface area contributed by atoms with Crippen LogP contribution in [0.2, 0.25) is 0 Å². The number of hydrogen-bond acceptors (Lipinski definition) is 7. The molecule has 1 fully saturated rings. The minimum absolute atomic E-state index is 0.323. The summed E-state index contributed by atoms with van der Waals surface area (Å²) in [5.41, 5.74) is 6.65. The molecule has 9 nitrogen and oxygen atoms in total. The number of nitrogens with zero attached hydrogens (tertiary/aromatic N) is 5. The van der Waals surface area contributed by atoms with Gasteiger partial charge >= 0.3 is 0 Å². The summed E-state index contributed by atoms with van der Waals surface area (Å²) < 4.78 is 1.64. The Morgan fingerprint density at radius 3 is 3.10 bits per heavy atom. The maximum atomic E-state index is 6.01. The minimum Gasteiger partial charge on any atom is -0.383 e. The van der Waals surface area contributed by atoms with Gasteiger partial charge in [0.15, 0.2) is 11.5 Å². The highest BCUT2D eigenvalue weighted by Gasteiger charge is 2.18. The van der Waals surface area contributed by atoms with Crippen molar-refractivity contribution in [3.63, 3.8) is 0 Å². The molecule has 0 aromatic carbocycles. The van der Waals surface area contributed by atoms with Crippen molar-refractivity contribution in [1.29, 1.82) is 0 Å². The van der Waals surface area contributed by atoms with Gasteiger partial charge in [-0.1, -0.05) is 0 Å². The summed E-state index contributed by atoms with van der Waals surface area (Å²) in [5.74, 6) is 1.60. The highest BCUT2D eigenvalue weighted by atomic mass is 15.4. The van der Waals surface area contributed by atoms with E-state index in [0.29, 0.717) is 34.7 Å². The summed E-state index contributed by atoms with van der Waals surface area (Å²) in [7, 11) is 0. The second-order valence-corrected chi connectivity index (χ2v) is 4.99. The van der Waals surface area contributed by atoms with E-state index in [1.54, 1.807) is 17.1 Å². The van der Waals surface area contributed by atoms with Crippen molar-refractivity contribution < 1.29 is 0 Å². The van der Waals surface area contributed by atoms with Crippen LogP contribution in [0, 0.1) is 0 Å². The van der Waals surface area contributed by atoms with E-state index in [2.05, 4.69) is 35.9 Å². The molecule has 0 radical (unpaired) electrons. The minimum atomic E-state index is 0.323. The molecule has 4 rings (SSSR count). The van der Waals surface area contributed by atoms with Gasteiger partial charge in [0.1, 0.15) is 5.82 Å². The molecule has 0 aliphatic carbocycles. The molecule has 5 N–H and O–H groups in total. The van der Waals surface area contributed by atoms with Gasteiger partial charge in [0.25, 0.3) is 0 Å². The molecule has 0 spiro atoms. The molecule has 1 unspecified atom stereocenters. The summed E-state index contributed by atoms with van der Waals surface area (Å²) in [6.07, 6.45) is 4.43. The molecule has 0 bridgehead atoms. The van der Waals surface area contributed by atoms with Gasteiger partial charge in [-0.25, -0.2) is 0 Å². The van der Waals surface area contributed by atoms with Crippen LogP contribution in [0.4, 0.5) is 11.8 Å². The van der Waals surface area contributed by atoms with Crippen LogP contribution in [-0.4, -0.2) is 49.1 Å². The maximum Gasteiger partial charge on any atom is 0.226 e. The fraction of sp³-hybridized carbons (Fsp3) is 0.333. The zero-order chi connectivity index (χ0) is 14.2. The molecule has 3 aromatic heterocycles. The maximum absolute atomic E-state index is 6.01. The van der Waals surface area contributed by atoms with Crippen LogP contribution < -0.4 is 16.4 Å². The van der Waals surface area contributed by atoms with Crippen LogP contribution in [0.1, 0.15) is 6.42 Å². The van der Waals surface area contributed by atoms with Crippen LogP contribution in [0.25, 0.3) is 16.9 Å². The SMILES string of the molecule is Nc1nc(NC2CCNC2)nc2c1cnn2-c1cc[nH]n1. The summed E-state index contributed by atoms with van der Waals surface area (Å²) in [6, 6.07) is 2.14. The van der Waals surface area contributed by atoms with E-state index in [9.17, 15) is 0 Å². The number of fused-ring (bicyclic) bond motifs is 1. The third kappa shape index (κ3) is 2.07. The van der Waals surface area contributed by atoms with Gasteiger partial charge in [0, 0.05) is 24.8 Å².